The van der Waals surface area contributed by atoms with Gasteiger partial charge in [-0.3, -0.25) is 4.79 Å². The van der Waals surface area contributed by atoms with Crippen LogP contribution < -0.4 is 10.1 Å². The molecule has 102 valence electrons. The van der Waals surface area contributed by atoms with Crippen LogP contribution >= 0.6 is 11.6 Å². The van der Waals surface area contributed by atoms with Gasteiger partial charge in [-0.2, -0.15) is 0 Å². The predicted octanol–water partition coefficient (Wildman–Crippen LogP) is 2.72. The van der Waals surface area contributed by atoms with Gasteiger partial charge in [-0.05, 0) is 31.5 Å². The maximum Gasteiger partial charge on any atom is 0.333 e. The van der Waals surface area contributed by atoms with Gasteiger partial charge in [-0.15, -0.1) is 6.58 Å². The largest absolute Gasteiger partial charge is 0.425 e. The minimum Gasteiger partial charge on any atom is -0.425 e. The molecule has 0 aliphatic rings. The molecule has 0 bridgehead atoms. The molecule has 0 fully saturated rings. The van der Waals surface area contributed by atoms with Gasteiger partial charge in [0.05, 0.1) is 0 Å². The van der Waals surface area contributed by atoms with Crippen molar-refractivity contribution in [2.24, 2.45) is 0 Å². The first kappa shape index (κ1) is 15.2. The molecule has 0 heterocycles. The Morgan fingerprint density at radius 2 is 2.26 bits per heavy atom. The lowest BCUT2D eigenvalue weighted by Crippen LogP contribution is -2.40. The standard InChI is InChI=1S/C14H16ClNO3/c1-3-4-8-13(17)16-10(2)14(18)19-12-7-5-6-11(15)9-12/h3,5-7,9-10H,1,4,8H2,2H3,(H,16,17). The van der Waals surface area contributed by atoms with Crippen LogP contribution in [0.1, 0.15) is 19.8 Å². The molecular formula is C14H16ClNO3. The van der Waals surface area contributed by atoms with Gasteiger partial charge in [-0.25, -0.2) is 4.79 Å². The Morgan fingerprint density at radius 3 is 2.89 bits per heavy atom. The van der Waals surface area contributed by atoms with E-state index in [2.05, 4.69) is 11.9 Å². The summed E-state index contributed by atoms with van der Waals surface area (Å²) in [6.07, 6.45) is 2.52. The molecule has 0 radical (unpaired) electrons. The first-order chi connectivity index (χ1) is 9.02. The molecule has 1 N–H and O–H groups in total. The van der Waals surface area contributed by atoms with E-state index < -0.39 is 12.0 Å². The molecule has 0 aromatic heterocycles. The van der Waals surface area contributed by atoms with Gasteiger partial charge in [0.1, 0.15) is 11.8 Å². The number of halogens is 1. The van der Waals surface area contributed by atoms with Crippen molar-refractivity contribution < 1.29 is 14.3 Å². The lowest BCUT2D eigenvalue weighted by atomic mass is 10.2. The lowest BCUT2D eigenvalue weighted by Gasteiger charge is -2.13. The summed E-state index contributed by atoms with van der Waals surface area (Å²) in [6, 6.07) is 5.80. The number of benzene rings is 1. The fraction of sp³-hybridized carbons (Fsp3) is 0.286. The average Bonchev–Trinajstić information content (AvgIpc) is 2.36. The van der Waals surface area contributed by atoms with Crippen molar-refractivity contribution in [2.75, 3.05) is 0 Å². The first-order valence-corrected chi connectivity index (χ1v) is 6.28. The number of carbonyl (C=O) groups excluding carboxylic acids is 2. The number of amides is 1. The van der Waals surface area contributed by atoms with Crippen molar-refractivity contribution in [3.05, 3.63) is 41.9 Å². The molecule has 1 amide bonds. The van der Waals surface area contributed by atoms with Gasteiger partial charge >= 0.3 is 5.97 Å². The van der Waals surface area contributed by atoms with Crippen LogP contribution in [0, 0.1) is 0 Å². The third-order valence-corrected chi connectivity index (χ3v) is 2.56. The van der Waals surface area contributed by atoms with Gasteiger partial charge in [0, 0.05) is 11.4 Å². The molecule has 0 saturated carbocycles. The summed E-state index contributed by atoms with van der Waals surface area (Å²) in [5.41, 5.74) is 0. The SMILES string of the molecule is C=CCCC(=O)NC(C)C(=O)Oc1cccc(Cl)c1. The van der Waals surface area contributed by atoms with Crippen molar-refractivity contribution in [3.63, 3.8) is 0 Å². The summed E-state index contributed by atoms with van der Waals surface area (Å²) >= 11 is 5.78. The minimum atomic E-state index is -0.712. The molecule has 1 atom stereocenters. The molecular weight excluding hydrogens is 266 g/mol. The van der Waals surface area contributed by atoms with Crippen LogP contribution in [0.4, 0.5) is 0 Å². The van der Waals surface area contributed by atoms with Crippen LogP contribution in [0.2, 0.25) is 5.02 Å². The summed E-state index contributed by atoms with van der Waals surface area (Å²) in [7, 11) is 0. The second kappa shape index (κ2) is 7.59. The van der Waals surface area contributed by atoms with Crippen LogP contribution in [0.5, 0.6) is 5.75 Å². The van der Waals surface area contributed by atoms with Gasteiger partial charge in [0.2, 0.25) is 5.91 Å². The number of ether oxygens (including phenoxy) is 1. The topological polar surface area (TPSA) is 55.4 Å². The number of rotatable bonds is 6. The molecule has 0 aliphatic heterocycles. The lowest BCUT2D eigenvalue weighted by molar-refractivity contribution is -0.138. The highest BCUT2D eigenvalue weighted by atomic mass is 35.5. The van der Waals surface area contributed by atoms with Gasteiger partial charge in [-0.1, -0.05) is 23.7 Å². The Morgan fingerprint density at radius 1 is 1.53 bits per heavy atom. The predicted molar refractivity (Wildman–Crippen MR) is 74.1 cm³/mol. The highest BCUT2D eigenvalue weighted by Gasteiger charge is 2.17. The molecule has 4 nitrogen and oxygen atoms in total. The Balaban J connectivity index is 2.48. The smallest absolute Gasteiger partial charge is 0.333 e. The van der Waals surface area contributed by atoms with E-state index in [1.54, 1.807) is 31.2 Å². The third kappa shape index (κ3) is 5.57. The second-order valence-electron chi connectivity index (χ2n) is 4.00. The fourth-order valence-electron chi connectivity index (χ4n) is 1.34. The zero-order chi connectivity index (χ0) is 14.3. The number of hydrogen-bond acceptors (Lipinski definition) is 3. The van der Waals surface area contributed by atoms with Gasteiger partial charge in [0.25, 0.3) is 0 Å². The van der Waals surface area contributed by atoms with Crippen molar-refractivity contribution in [2.45, 2.75) is 25.8 Å². The number of nitrogens with one attached hydrogen (secondary N) is 1. The molecule has 1 unspecified atom stereocenters. The monoisotopic (exact) mass is 281 g/mol. The summed E-state index contributed by atoms with van der Waals surface area (Å²) in [6.45, 7) is 5.09. The normalized spacial score (nSPS) is 11.5. The van der Waals surface area contributed by atoms with E-state index in [1.807, 2.05) is 0 Å². The van der Waals surface area contributed by atoms with Crippen molar-refractivity contribution >= 4 is 23.5 Å². The molecule has 5 heteroatoms. The van der Waals surface area contributed by atoms with E-state index in [4.69, 9.17) is 16.3 Å². The molecule has 1 aromatic carbocycles. The van der Waals surface area contributed by atoms with Gasteiger partial charge in [0.15, 0.2) is 0 Å². The van der Waals surface area contributed by atoms with Crippen LogP contribution in [0.15, 0.2) is 36.9 Å². The Bertz CT molecular complexity index is 474. The van der Waals surface area contributed by atoms with Crippen molar-refractivity contribution in [3.8, 4) is 5.75 Å². The zero-order valence-electron chi connectivity index (χ0n) is 10.7. The second-order valence-corrected chi connectivity index (χ2v) is 4.43. The Kier molecular flexibility index (Phi) is 6.09. The van der Waals surface area contributed by atoms with Crippen LogP contribution in [0.3, 0.4) is 0 Å². The van der Waals surface area contributed by atoms with E-state index in [-0.39, 0.29) is 5.91 Å². The van der Waals surface area contributed by atoms with Crippen LogP contribution in [-0.4, -0.2) is 17.9 Å². The minimum absolute atomic E-state index is 0.213. The maximum absolute atomic E-state index is 11.7. The van der Waals surface area contributed by atoms with E-state index in [0.717, 1.165) is 0 Å². The summed E-state index contributed by atoms with van der Waals surface area (Å²) in [5, 5.41) is 3.03. The van der Waals surface area contributed by atoms with Crippen LogP contribution in [-0.2, 0) is 9.59 Å². The Labute approximate surface area is 117 Å². The number of hydrogen-bond donors (Lipinski definition) is 1. The Hall–Kier alpha value is -1.81. The highest BCUT2D eigenvalue weighted by Crippen LogP contribution is 2.17. The molecule has 19 heavy (non-hydrogen) atoms. The third-order valence-electron chi connectivity index (χ3n) is 2.32. The van der Waals surface area contributed by atoms with Crippen molar-refractivity contribution in [1.82, 2.24) is 5.32 Å². The first-order valence-electron chi connectivity index (χ1n) is 5.90. The fourth-order valence-corrected chi connectivity index (χ4v) is 1.52. The number of allylic oxidation sites excluding steroid dienone is 1. The quantitative estimate of drug-likeness (QED) is 0.495. The summed E-state index contributed by atoms with van der Waals surface area (Å²) in [4.78, 5) is 23.2. The number of esters is 1. The summed E-state index contributed by atoms with van der Waals surface area (Å²) in [5.74, 6) is -0.394. The van der Waals surface area contributed by atoms with E-state index in [0.29, 0.717) is 23.6 Å². The molecule has 1 aromatic rings. The molecule has 0 saturated heterocycles. The van der Waals surface area contributed by atoms with E-state index in [9.17, 15) is 9.59 Å². The average molecular weight is 282 g/mol. The van der Waals surface area contributed by atoms with Crippen molar-refractivity contribution in [1.29, 1.82) is 0 Å². The van der Waals surface area contributed by atoms with E-state index >= 15 is 0 Å². The van der Waals surface area contributed by atoms with E-state index in [1.165, 1.54) is 6.07 Å². The van der Waals surface area contributed by atoms with Crippen LogP contribution in [0.25, 0.3) is 0 Å². The van der Waals surface area contributed by atoms with Gasteiger partial charge < -0.3 is 10.1 Å². The number of carbonyl (C=O) groups is 2. The maximum atomic E-state index is 11.7. The summed E-state index contributed by atoms with van der Waals surface area (Å²) < 4.78 is 5.10. The highest BCUT2D eigenvalue weighted by molar-refractivity contribution is 6.30. The zero-order valence-corrected chi connectivity index (χ0v) is 11.4. The molecule has 1 rings (SSSR count). The molecule has 0 spiro atoms. The molecule has 0 aliphatic carbocycles.